The standard InChI is InChI=1S/C28H36N4O4/c1-21-9-10-25-24(18-21)28(35)30-12-16-32(14-5-8-26(33)29-13-17-36-25)27(34)20-31-15-11-23(19-31)22-6-3-2-4-7-22/h2-4,6-7,9-10,18,23H,5,8,11-17,19-20H2,1H3,(H,29,33)(H,30,35). The van der Waals surface area contributed by atoms with Gasteiger partial charge in [0, 0.05) is 32.6 Å². The van der Waals surface area contributed by atoms with Gasteiger partial charge in [0.15, 0.2) is 0 Å². The first-order chi connectivity index (χ1) is 17.5. The zero-order chi connectivity index (χ0) is 25.3. The third-order valence-corrected chi connectivity index (χ3v) is 6.82. The quantitative estimate of drug-likeness (QED) is 0.687. The molecule has 0 radical (unpaired) electrons. The molecule has 3 amide bonds. The van der Waals surface area contributed by atoms with E-state index in [0.717, 1.165) is 25.1 Å². The number of rotatable bonds is 3. The van der Waals surface area contributed by atoms with Gasteiger partial charge in [-0.15, -0.1) is 0 Å². The molecule has 2 N–H and O–H groups in total. The molecule has 1 atom stereocenters. The number of nitrogens with zero attached hydrogens (tertiary/aromatic N) is 2. The molecule has 2 aliphatic rings. The van der Waals surface area contributed by atoms with Crippen LogP contribution >= 0.6 is 0 Å². The Kier molecular flexibility index (Phi) is 8.95. The molecule has 2 aromatic rings. The number of carbonyl (C=O) groups is 3. The Labute approximate surface area is 213 Å². The molecule has 1 unspecified atom stereocenters. The number of amides is 3. The third kappa shape index (κ3) is 7.07. The van der Waals surface area contributed by atoms with E-state index in [1.165, 1.54) is 5.56 Å². The van der Waals surface area contributed by atoms with Crippen molar-refractivity contribution in [2.45, 2.75) is 32.1 Å². The second kappa shape index (κ2) is 12.5. The first-order valence-corrected chi connectivity index (χ1v) is 12.8. The number of hydrogen-bond acceptors (Lipinski definition) is 5. The number of ether oxygens (including phenoxy) is 1. The average molecular weight is 493 g/mol. The molecule has 0 bridgehead atoms. The first kappa shape index (κ1) is 25.7. The lowest BCUT2D eigenvalue weighted by Gasteiger charge is -2.26. The number of nitrogens with one attached hydrogen (secondary N) is 2. The molecule has 0 aromatic heterocycles. The van der Waals surface area contributed by atoms with Gasteiger partial charge in [-0.05, 0) is 49.9 Å². The van der Waals surface area contributed by atoms with Crippen molar-refractivity contribution in [1.29, 1.82) is 0 Å². The van der Waals surface area contributed by atoms with Crippen LogP contribution in [0.4, 0.5) is 0 Å². The zero-order valence-electron chi connectivity index (χ0n) is 21.0. The van der Waals surface area contributed by atoms with E-state index in [9.17, 15) is 14.4 Å². The highest BCUT2D eigenvalue weighted by molar-refractivity contribution is 5.97. The van der Waals surface area contributed by atoms with Crippen molar-refractivity contribution in [3.8, 4) is 5.75 Å². The van der Waals surface area contributed by atoms with Gasteiger partial charge in [0.2, 0.25) is 11.8 Å². The molecule has 1 fully saturated rings. The molecule has 0 saturated carbocycles. The first-order valence-electron chi connectivity index (χ1n) is 12.8. The normalized spacial score (nSPS) is 20.4. The molecule has 2 heterocycles. The van der Waals surface area contributed by atoms with Gasteiger partial charge >= 0.3 is 0 Å². The van der Waals surface area contributed by atoms with Crippen molar-refractivity contribution in [2.24, 2.45) is 0 Å². The minimum Gasteiger partial charge on any atom is -0.491 e. The van der Waals surface area contributed by atoms with Gasteiger partial charge in [-0.1, -0.05) is 42.0 Å². The summed E-state index contributed by atoms with van der Waals surface area (Å²) in [6.07, 6.45) is 1.94. The summed E-state index contributed by atoms with van der Waals surface area (Å²) in [7, 11) is 0. The van der Waals surface area contributed by atoms with E-state index in [0.29, 0.717) is 62.8 Å². The van der Waals surface area contributed by atoms with E-state index in [4.69, 9.17) is 4.74 Å². The molecular weight excluding hydrogens is 456 g/mol. The van der Waals surface area contributed by atoms with Crippen molar-refractivity contribution in [3.63, 3.8) is 0 Å². The SMILES string of the molecule is Cc1ccc2c(c1)C(=O)NCCN(C(=O)CN1CCC(c3ccccc3)C1)CCCC(=O)NCCO2. The van der Waals surface area contributed by atoms with Gasteiger partial charge in [0.05, 0.1) is 18.7 Å². The van der Waals surface area contributed by atoms with Crippen LogP contribution in [0.1, 0.15) is 46.7 Å². The number of carbonyl (C=O) groups excluding carboxylic acids is 3. The summed E-state index contributed by atoms with van der Waals surface area (Å²) >= 11 is 0. The summed E-state index contributed by atoms with van der Waals surface area (Å²) in [6, 6.07) is 15.9. The van der Waals surface area contributed by atoms with E-state index < -0.39 is 0 Å². The smallest absolute Gasteiger partial charge is 0.255 e. The Morgan fingerprint density at radius 1 is 1.03 bits per heavy atom. The van der Waals surface area contributed by atoms with Crippen LogP contribution in [-0.2, 0) is 9.59 Å². The maximum atomic E-state index is 13.2. The molecule has 192 valence electrons. The summed E-state index contributed by atoms with van der Waals surface area (Å²) in [5.74, 6) is 0.657. The van der Waals surface area contributed by atoms with Crippen LogP contribution in [0, 0.1) is 6.92 Å². The molecule has 0 aliphatic carbocycles. The fraction of sp³-hybridized carbons (Fsp3) is 0.464. The third-order valence-electron chi connectivity index (χ3n) is 6.82. The predicted octanol–water partition coefficient (Wildman–Crippen LogP) is 2.33. The van der Waals surface area contributed by atoms with Crippen molar-refractivity contribution in [2.75, 3.05) is 52.4 Å². The fourth-order valence-electron chi connectivity index (χ4n) is 4.84. The van der Waals surface area contributed by atoms with Gasteiger partial charge in [-0.25, -0.2) is 0 Å². The number of aryl methyl sites for hydroxylation is 1. The monoisotopic (exact) mass is 492 g/mol. The Balaban J connectivity index is 1.39. The number of fused-ring (bicyclic) bond motifs is 1. The van der Waals surface area contributed by atoms with Gasteiger partial charge in [-0.3, -0.25) is 19.3 Å². The maximum Gasteiger partial charge on any atom is 0.255 e. The lowest BCUT2D eigenvalue weighted by Crippen LogP contribution is -2.44. The molecular formula is C28H36N4O4. The second-order valence-electron chi connectivity index (χ2n) is 9.57. The van der Waals surface area contributed by atoms with Gasteiger partial charge < -0.3 is 20.3 Å². The maximum absolute atomic E-state index is 13.2. The second-order valence-corrected chi connectivity index (χ2v) is 9.57. The fourth-order valence-corrected chi connectivity index (χ4v) is 4.84. The molecule has 2 aromatic carbocycles. The van der Waals surface area contributed by atoms with Crippen molar-refractivity contribution < 1.29 is 19.1 Å². The lowest BCUT2D eigenvalue weighted by molar-refractivity contribution is -0.132. The van der Waals surface area contributed by atoms with Crippen LogP contribution in [0.15, 0.2) is 48.5 Å². The van der Waals surface area contributed by atoms with Crippen LogP contribution in [-0.4, -0.2) is 79.9 Å². The van der Waals surface area contributed by atoms with Crippen LogP contribution in [0.25, 0.3) is 0 Å². The van der Waals surface area contributed by atoms with E-state index in [1.54, 1.807) is 17.0 Å². The number of hydrogen-bond donors (Lipinski definition) is 2. The highest BCUT2D eigenvalue weighted by Gasteiger charge is 2.27. The van der Waals surface area contributed by atoms with Crippen LogP contribution in [0.5, 0.6) is 5.75 Å². The van der Waals surface area contributed by atoms with Crippen molar-refractivity contribution in [1.82, 2.24) is 20.4 Å². The Morgan fingerprint density at radius 2 is 1.86 bits per heavy atom. The highest BCUT2D eigenvalue weighted by Crippen LogP contribution is 2.26. The van der Waals surface area contributed by atoms with Crippen molar-refractivity contribution in [3.05, 3.63) is 65.2 Å². The van der Waals surface area contributed by atoms with Crippen LogP contribution in [0.3, 0.4) is 0 Å². The van der Waals surface area contributed by atoms with E-state index in [-0.39, 0.29) is 24.3 Å². The molecule has 36 heavy (non-hydrogen) atoms. The van der Waals surface area contributed by atoms with Gasteiger partial charge in [-0.2, -0.15) is 0 Å². The Bertz CT molecular complexity index is 1060. The summed E-state index contributed by atoms with van der Waals surface area (Å²) in [5.41, 5.74) is 2.72. The highest BCUT2D eigenvalue weighted by atomic mass is 16.5. The zero-order valence-corrected chi connectivity index (χ0v) is 21.0. The molecule has 8 nitrogen and oxygen atoms in total. The summed E-state index contributed by atoms with van der Waals surface area (Å²) in [6.45, 7) is 5.84. The molecule has 4 rings (SSSR count). The van der Waals surface area contributed by atoms with E-state index in [2.05, 4.69) is 39.8 Å². The number of likely N-dealkylation sites (tertiary alicyclic amines) is 1. The summed E-state index contributed by atoms with van der Waals surface area (Å²) in [4.78, 5) is 42.4. The van der Waals surface area contributed by atoms with Crippen LogP contribution in [0.2, 0.25) is 0 Å². The average Bonchev–Trinajstić information content (AvgIpc) is 3.34. The largest absolute Gasteiger partial charge is 0.491 e. The predicted molar refractivity (Wildman–Crippen MR) is 138 cm³/mol. The molecule has 2 aliphatic heterocycles. The van der Waals surface area contributed by atoms with Gasteiger partial charge in [0.1, 0.15) is 12.4 Å². The molecule has 0 spiro atoms. The Hall–Kier alpha value is -3.39. The summed E-state index contributed by atoms with van der Waals surface area (Å²) < 4.78 is 5.77. The summed E-state index contributed by atoms with van der Waals surface area (Å²) in [5, 5.41) is 5.79. The van der Waals surface area contributed by atoms with Gasteiger partial charge in [0.25, 0.3) is 5.91 Å². The minimum absolute atomic E-state index is 0.0299. The topological polar surface area (TPSA) is 91.0 Å². The molecule has 1 saturated heterocycles. The Morgan fingerprint density at radius 3 is 2.69 bits per heavy atom. The minimum atomic E-state index is -0.231. The van der Waals surface area contributed by atoms with Crippen LogP contribution < -0.4 is 15.4 Å². The van der Waals surface area contributed by atoms with Crippen molar-refractivity contribution >= 4 is 17.7 Å². The van der Waals surface area contributed by atoms with E-state index in [1.807, 2.05) is 19.1 Å². The molecule has 8 heteroatoms. The van der Waals surface area contributed by atoms with E-state index >= 15 is 0 Å². The number of benzene rings is 2. The lowest BCUT2D eigenvalue weighted by atomic mass is 9.99.